The largest absolute Gasteiger partial charge is 0.368 e. The minimum Gasteiger partial charge on any atom is -0.368 e. The third-order valence-electron chi connectivity index (χ3n) is 4.24. The highest BCUT2D eigenvalue weighted by Crippen LogP contribution is 2.59. The van der Waals surface area contributed by atoms with Gasteiger partial charge in [-0.05, 0) is 38.0 Å². The number of hydrogen-bond donors (Lipinski definition) is 2. The molecular weight excluding hydrogens is 256 g/mol. The molecule has 2 amide bonds. The van der Waals surface area contributed by atoms with E-state index in [9.17, 15) is 9.59 Å². The third kappa shape index (κ3) is 3.03. The van der Waals surface area contributed by atoms with Crippen molar-refractivity contribution in [3.8, 4) is 0 Å². The van der Waals surface area contributed by atoms with Crippen molar-refractivity contribution in [1.29, 1.82) is 0 Å². The summed E-state index contributed by atoms with van der Waals surface area (Å²) >= 11 is 0. The maximum Gasteiger partial charge on any atom is 0.267 e. The Morgan fingerprint density at radius 1 is 1.20 bits per heavy atom. The Morgan fingerprint density at radius 3 is 2.40 bits per heavy atom. The second kappa shape index (κ2) is 5.56. The molecule has 2 aliphatic rings. The van der Waals surface area contributed by atoms with Crippen LogP contribution >= 0.6 is 0 Å². The fourth-order valence-electron chi connectivity index (χ4n) is 2.91. The van der Waals surface area contributed by atoms with Crippen molar-refractivity contribution in [3.05, 3.63) is 11.6 Å². The van der Waals surface area contributed by atoms with E-state index in [0.717, 1.165) is 12.8 Å². The van der Waals surface area contributed by atoms with Gasteiger partial charge in [-0.15, -0.1) is 0 Å². The van der Waals surface area contributed by atoms with Gasteiger partial charge in [0.25, 0.3) is 5.91 Å². The number of allylic oxidation sites excluding steroid dienone is 2. The van der Waals surface area contributed by atoms with E-state index in [1.54, 1.807) is 0 Å². The Bertz CT molecular complexity index is 432. The Labute approximate surface area is 120 Å². The molecule has 1 saturated heterocycles. The normalized spacial score (nSPS) is 30.5. The van der Waals surface area contributed by atoms with E-state index in [-0.39, 0.29) is 29.1 Å². The first-order valence-electron chi connectivity index (χ1n) is 7.20. The molecule has 2 fully saturated rings. The summed E-state index contributed by atoms with van der Waals surface area (Å²) in [6.07, 6.45) is 3.32. The van der Waals surface area contributed by atoms with Crippen LogP contribution in [0.3, 0.4) is 0 Å². The highest BCUT2D eigenvalue weighted by molar-refractivity contribution is 5.88. The number of nitrogens with one attached hydrogen (secondary N) is 2. The summed E-state index contributed by atoms with van der Waals surface area (Å²) in [5.74, 6) is -0.216. The van der Waals surface area contributed by atoms with Crippen molar-refractivity contribution >= 4 is 11.8 Å². The van der Waals surface area contributed by atoms with Gasteiger partial charge in [0, 0.05) is 6.61 Å². The van der Waals surface area contributed by atoms with Crippen LogP contribution in [0.1, 0.15) is 40.5 Å². The van der Waals surface area contributed by atoms with Crippen LogP contribution in [0, 0.1) is 17.3 Å². The molecule has 20 heavy (non-hydrogen) atoms. The van der Waals surface area contributed by atoms with Gasteiger partial charge in [-0.3, -0.25) is 20.4 Å². The summed E-state index contributed by atoms with van der Waals surface area (Å²) in [5.41, 5.74) is 6.17. The smallest absolute Gasteiger partial charge is 0.267 e. The lowest BCUT2D eigenvalue weighted by molar-refractivity contribution is -0.135. The van der Waals surface area contributed by atoms with Crippen molar-refractivity contribution in [2.24, 2.45) is 17.3 Å². The first kappa shape index (κ1) is 15.0. The minimum atomic E-state index is -0.420. The zero-order valence-corrected chi connectivity index (χ0v) is 12.7. The quantitative estimate of drug-likeness (QED) is 0.609. The molecule has 2 rings (SSSR count). The van der Waals surface area contributed by atoms with Gasteiger partial charge in [-0.1, -0.05) is 25.5 Å². The van der Waals surface area contributed by atoms with Crippen LogP contribution in [0.5, 0.6) is 0 Å². The van der Waals surface area contributed by atoms with E-state index in [0.29, 0.717) is 6.61 Å². The van der Waals surface area contributed by atoms with Gasteiger partial charge in [0.1, 0.15) is 6.10 Å². The lowest BCUT2D eigenvalue weighted by atomic mass is 10.1. The van der Waals surface area contributed by atoms with E-state index in [2.05, 4.69) is 30.8 Å². The fourth-order valence-corrected chi connectivity index (χ4v) is 2.91. The zero-order chi connectivity index (χ0) is 14.9. The number of amides is 2. The predicted molar refractivity (Wildman–Crippen MR) is 75.5 cm³/mol. The number of hydrogen-bond acceptors (Lipinski definition) is 3. The zero-order valence-electron chi connectivity index (χ0n) is 12.7. The highest BCUT2D eigenvalue weighted by atomic mass is 16.5. The standard InChI is InChI=1S/C15H24N2O3/c1-9(2)8-10-12(15(10,3)4)14(19)17-16-13(18)11-6-5-7-20-11/h8,10-12H,5-7H2,1-4H3,(H,16,18)(H,17,19)/t10-,11-,12-/m1/s1. The van der Waals surface area contributed by atoms with Crippen LogP contribution in [0.25, 0.3) is 0 Å². The van der Waals surface area contributed by atoms with Gasteiger partial charge in [0.05, 0.1) is 5.92 Å². The summed E-state index contributed by atoms with van der Waals surface area (Å²) in [7, 11) is 0. The number of carbonyl (C=O) groups excluding carboxylic acids is 2. The van der Waals surface area contributed by atoms with Crippen LogP contribution in [-0.2, 0) is 14.3 Å². The highest BCUT2D eigenvalue weighted by Gasteiger charge is 2.60. The summed E-state index contributed by atoms with van der Waals surface area (Å²) in [4.78, 5) is 23.9. The lowest BCUT2D eigenvalue weighted by Gasteiger charge is -2.11. The van der Waals surface area contributed by atoms with Crippen molar-refractivity contribution < 1.29 is 14.3 Å². The predicted octanol–water partition coefficient (Wildman–Crippen LogP) is 1.55. The van der Waals surface area contributed by atoms with Gasteiger partial charge < -0.3 is 4.74 Å². The summed E-state index contributed by atoms with van der Waals surface area (Å²) in [5, 5.41) is 0. The maximum absolute atomic E-state index is 12.1. The fraction of sp³-hybridized carbons (Fsp3) is 0.733. The molecular formula is C15H24N2O3. The minimum absolute atomic E-state index is 0.0457. The lowest BCUT2D eigenvalue weighted by Crippen LogP contribution is -2.47. The van der Waals surface area contributed by atoms with Gasteiger partial charge in [-0.25, -0.2) is 0 Å². The molecule has 1 heterocycles. The number of ether oxygens (including phenoxy) is 1. The van der Waals surface area contributed by atoms with Crippen LogP contribution in [0.2, 0.25) is 0 Å². The van der Waals surface area contributed by atoms with Crippen LogP contribution in [0.4, 0.5) is 0 Å². The first-order valence-corrected chi connectivity index (χ1v) is 7.20. The van der Waals surface area contributed by atoms with Crippen LogP contribution in [-0.4, -0.2) is 24.5 Å². The van der Waals surface area contributed by atoms with Gasteiger partial charge in [-0.2, -0.15) is 0 Å². The van der Waals surface area contributed by atoms with Crippen molar-refractivity contribution in [2.75, 3.05) is 6.61 Å². The van der Waals surface area contributed by atoms with Crippen molar-refractivity contribution in [3.63, 3.8) is 0 Å². The molecule has 112 valence electrons. The Morgan fingerprint density at radius 2 is 1.85 bits per heavy atom. The molecule has 1 aliphatic heterocycles. The molecule has 0 aromatic carbocycles. The topological polar surface area (TPSA) is 67.4 Å². The monoisotopic (exact) mass is 280 g/mol. The van der Waals surface area contributed by atoms with Gasteiger partial charge in [0.2, 0.25) is 5.91 Å². The first-order chi connectivity index (χ1) is 9.34. The molecule has 5 heteroatoms. The molecule has 0 aromatic heterocycles. The second-order valence-electron chi connectivity index (χ2n) is 6.55. The summed E-state index contributed by atoms with van der Waals surface area (Å²) in [6, 6.07) is 0. The van der Waals surface area contributed by atoms with Gasteiger partial charge >= 0.3 is 0 Å². The SMILES string of the molecule is CC(C)=C[C@@H]1[C@H](C(=O)NNC(=O)[C@H]2CCCO2)C1(C)C. The van der Waals surface area contributed by atoms with E-state index < -0.39 is 6.10 Å². The summed E-state index contributed by atoms with van der Waals surface area (Å²) in [6.45, 7) is 8.82. The second-order valence-corrected chi connectivity index (χ2v) is 6.55. The molecule has 0 bridgehead atoms. The Balaban J connectivity index is 1.83. The van der Waals surface area contributed by atoms with E-state index in [4.69, 9.17) is 4.74 Å². The molecule has 3 atom stereocenters. The summed E-state index contributed by atoms with van der Waals surface area (Å²) < 4.78 is 5.26. The number of carbonyl (C=O) groups is 2. The van der Waals surface area contributed by atoms with Crippen molar-refractivity contribution in [2.45, 2.75) is 46.6 Å². The Kier molecular flexibility index (Phi) is 4.18. The van der Waals surface area contributed by atoms with Crippen LogP contribution in [0.15, 0.2) is 11.6 Å². The van der Waals surface area contributed by atoms with E-state index in [1.807, 2.05) is 13.8 Å². The van der Waals surface area contributed by atoms with Gasteiger partial charge in [0.15, 0.2) is 0 Å². The molecule has 5 nitrogen and oxygen atoms in total. The van der Waals surface area contributed by atoms with E-state index in [1.165, 1.54) is 5.57 Å². The molecule has 1 saturated carbocycles. The molecule has 1 aliphatic carbocycles. The average molecular weight is 280 g/mol. The molecule has 0 aromatic rings. The molecule has 0 radical (unpaired) electrons. The third-order valence-corrected chi connectivity index (χ3v) is 4.24. The van der Waals surface area contributed by atoms with Crippen molar-refractivity contribution in [1.82, 2.24) is 10.9 Å². The maximum atomic E-state index is 12.1. The molecule has 0 spiro atoms. The molecule has 0 unspecified atom stereocenters. The average Bonchev–Trinajstić information content (AvgIpc) is 2.79. The number of rotatable bonds is 3. The number of hydrazine groups is 1. The van der Waals surface area contributed by atoms with Crippen LogP contribution < -0.4 is 10.9 Å². The molecule has 2 N–H and O–H groups in total. The Hall–Kier alpha value is -1.36. The van der Waals surface area contributed by atoms with E-state index >= 15 is 0 Å².